The molecule has 5 nitrogen and oxygen atoms in total. The van der Waals surface area contributed by atoms with Crippen molar-refractivity contribution in [2.45, 2.75) is 6.92 Å². The van der Waals surface area contributed by atoms with E-state index in [0.717, 1.165) is 22.9 Å². The van der Waals surface area contributed by atoms with Crippen molar-refractivity contribution < 1.29 is 0 Å². The summed E-state index contributed by atoms with van der Waals surface area (Å²) in [7, 11) is 3.72. The van der Waals surface area contributed by atoms with E-state index in [1.165, 1.54) is 0 Å². The lowest BCUT2D eigenvalue weighted by Crippen LogP contribution is -2.01. The summed E-state index contributed by atoms with van der Waals surface area (Å²) in [5.41, 5.74) is 8.72. The Morgan fingerprint density at radius 2 is 2.06 bits per heavy atom. The van der Waals surface area contributed by atoms with Crippen molar-refractivity contribution in [3.8, 4) is 11.4 Å². The Hall–Kier alpha value is -2.04. The van der Waals surface area contributed by atoms with Crippen molar-refractivity contribution in [3.05, 3.63) is 23.8 Å². The Kier molecular flexibility index (Phi) is 2.52. The number of aryl methyl sites for hydroxylation is 1. The van der Waals surface area contributed by atoms with Crippen LogP contribution in [0.15, 0.2) is 18.2 Å². The number of nitrogens with one attached hydrogen (secondary N) is 1. The van der Waals surface area contributed by atoms with Crippen LogP contribution in [-0.4, -0.2) is 21.8 Å². The third kappa shape index (κ3) is 1.60. The molecular weight excluding hydrogens is 202 g/mol. The highest BCUT2D eigenvalue weighted by Crippen LogP contribution is 2.26. The van der Waals surface area contributed by atoms with Crippen molar-refractivity contribution >= 4 is 11.6 Å². The second kappa shape index (κ2) is 3.84. The van der Waals surface area contributed by atoms with Gasteiger partial charge in [-0.1, -0.05) is 11.6 Å². The summed E-state index contributed by atoms with van der Waals surface area (Å²) in [4.78, 5) is 0. The van der Waals surface area contributed by atoms with E-state index in [2.05, 4.69) is 15.5 Å². The summed E-state index contributed by atoms with van der Waals surface area (Å²) < 4.78 is 1.88. The summed E-state index contributed by atoms with van der Waals surface area (Å²) in [5.74, 6) is 1.49. The van der Waals surface area contributed by atoms with Crippen LogP contribution in [0.4, 0.5) is 11.6 Å². The molecule has 0 aliphatic rings. The predicted molar refractivity (Wildman–Crippen MR) is 65.1 cm³/mol. The van der Waals surface area contributed by atoms with Gasteiger partial charge in [-0.15, -0.1) is 10.2 Å². The highest BCUT2D eigenvalue weighted by molar-refractivity contribution is 5.73. The number of nitrogens with zero attached hydrogens (tertiary/aromatic N) is 3. The highest BCUT2D eigenvalue weighted by Gasteiger charge is 2.12. The Labute approximate surface area is 94.3 Å². The maximum atomic E-state index is 5.94. The standard InChI is InChI=1S/C11H15N5/c1-7-4-5-9(12)8(6-7)10-14-15-11(13-2)16(10)3/h4-6H,12H2,1-3H3,(H,13,15). The van der Waals surface area contributed by atoms with E-state index in [4.69, 9.17) is 5.73 Å². The van der Waals surface area contributed by atoms with E-state index in [1.807, 2.05) is 43.8 Å². The summed E-state index contributed by atoms with van der Waals surface area (Å²) >= 11 is 0. The first-order valence-corrected chi connectivity index (χ1v) is 5.07. The molecule has 0 unspecified atom stereocenters. The Balaban J connectivity index is 2.58. The minimum Gasteiger partial charge on any atom is -0.398 e. The number of nitrogen functional groups attached to an aromatic ring is 1. The molecule has 1 heterocycles. The van der Waals surface area contributed by atoms with E-state index in [1.54, 1.807) is 0 Å². The van der Waals surface area contributed by atoms with E-state index in [9.17, 15) is 0 Å². The predicted octanol–water partition coefficient (Wildman–Crippen LogP) is 1.41. The van der Waals surface area contributed by atoms with Crippen LogP contribution in [0.5, 0.6) is 0 Å². The van der Waals surface area contributed by atoms with Crippen LogP contribution >= 0.6 is 0 Å². The van der Waals surface area contributed by atoms with Gasteiger partial charge < -0.3 is 11.1 Å². The fourth-order valence-electron chi connectivity index (χ4n) is 1.65. The molecule has 0 amide bonds. The van der Waals surface area contributed by atoms with Crippen molar-refractivity contribution in [1.82, 2.24) is 14.8 Å². The normalized spacial score (nSPS) is 10.4. The van der Waals surface area contributed by atoms with Crippen molar-refractivity contribution in [3.63, 3.8) is 0 Å². The van der Waals surface area contributed by atoms with E-state index >= 15 is 0 Å². The number of anilines is 2. The average Bonchev–Trinajstić information content (AvgIpc) is 2.63. The zero-order chi connectivity index (χ0) is 11.7. The van der Waals surface area contributed by atoms with E-state index in [-0.39, 0.29) is 0 Å². The number of hydrogen-bond acceptors (Lipinski definition) is 4. The zero-order valence-corrected chi connectivity index (χ0v) is 9.65. The third-order valence-electron chi connectivity index (χ3n) is 2.55. The summed E-state index contributed by atoms with van der Waals surface area (Å²) in [6, 6.07) is 5.88. The van der Waals surface area contributed by atoms with Gasteiger partial charge in [-0.25, -0.2) is 0 Å². The van der Waals surface area contributed by atoms with Gasteiger partial charge in [0.1, 0.15) is 0 Å². The molecule has 2 rings (SSSR count). The fraction of sp³-hybridized carbons (Fsp3) is 0.273. The molecule has 1 aromatic heterocycles. The number of benzene rings is 1. The number of hydrogen-bond donors (Lipinski definition) is 2. The molecule has 5 heteroatoms. The van der Waals surface area contributed by atoms with Crippen LogP contribution in [-0.2, 0) is 7.05 Å². The molecule has 0 spiro atoms. The van der Waals surface area contributed by atoms with E-state index in [0.29, 0.717) is 5.69 Å². The maximum absolute atomic E-state index is 5.94. The fourth-order valence-corrected chi connectivity index (χ4v) is 1.65. The number of rotatable bonds is 2. The first-order valence-electron chi connectivity index (χ1n) is 5.07. The Morgan fingerprint density at radius 1 is 1.31 bits per heavy atom. The SMILES string of the molecule is CNc1nnc(-c2cc(C)ccc2N)n1C. The van der Waals surface area contributed by atoms with Gasteiger partial charge in [-0.05, 0) is 19.1 Å². The quantitative estimate of drug-likeness (QED) is 0.746. The monoisotopic (exact) mass is 217 g/mol. The average molecular weight is 217 g/mol. The summed E-state index contributed by atoms with van der Waals surface area (Å²) in [6.45, 7) is 2.03. The molecule has 0 aliphatic heterocycles. The Bertz CT molecular complexity index is 515. The maximum Gasteiger partial charge on any atom is 0.224 e. The summed E-state index contributed by atoms with van der Waals surface area (Å²) in [6.07, 6.45) is 0. The van der Waals surface area contributed by atoms with Gasteiger partial charge in [-0.3, -0.25) is 4.57 Å². The minimum atomic E-state index is 0.712. The van der Waals surface area contributed by atoms with Crippen molar-refractivity contribution in [1.29, 1.82) is 0 Å². The van der Waals surface area contributed by atoms with E-state index < -0.39 is 0 Å². The van der Waals surface area contributed by atoms with Gasteiger partial charge in [0.05, 0.1) is 0 Å². The molecule has 2 aromatic rings. The molecule has 0 bridgehead atoms. The van der Waals surface area contributed by atoms with Crippen LogP contribution in [0.1, 0.15) is 5.56 Å². The van der Waals surface area contributed by atoms with Crippen molar-refractivity contribution in [2.75, 3.05) is 18.1 Å². The summed E-state index contributed by atoms with van der Waals surface area (Å²) in [5, 5.41) is 11.1. The molecule has 84 valence electrons. The van der Waals surface area contributed by atoms with Crippen LogP contribution in [0, 0.1) is 6.92 Å². The van der Waals surface area contributed by atoms with Crippen LogP contribution in [0.3, 0.4) is 0 Å². The molecule has 0 radical (unpaired) electrons. The third-order valence-corrected chi connectivity index (χ3v) is 2.55. The van der Waals surface area contributed by atoms with Gasteiger partial charge in [0, 0.05) is 25.3 Å². The van der Waals surface area contributed by atoms with Crippen molar-refractivity contribution in [2.24, 2.45) is 7.05 Å². The number of nitrogens with two attached hydrogens (primary N) is 1. The Morgan fingerprint density at radius 3 is 2.69 bits per heavy atom. The lowest BCUT2D eigenvalue weighted by Gasteiger charge is -2.06. The second-order valence-corrected chi connectivity index (χ2v) is 3.75. The van der Waals surface area contributed by atoms with Crippen LogP contribution in [0.25, 0.3) is 11.4 Å². The first-order chi connectivity index (χ1) is 7.63. The van der Waals surface area contributed by atoms with Gasteiger partial charge in [-0.2, -0.15) is 0 Å². The van der Waals surface area contributed by atoms with Gasteiger partial charge in [0.2, 0.25) is 5.95 Å². The largest absolute Gasteiger partial charge is 0.398 e. The lowest BCUT2D eigenvalue weighted by atomic mass is 10.1. The zero-order valence-electron chi connectivity index (χ0n) is 9.65. The van der Waals surface area contributed by atoms with Crippen LogP contribution in [0.2, 0.25) is 0 Å². The topological polar surface area (TPSA) is 68.8 Å². The van der Waals surface area contributed by atoms with Gasteiger partial charge >= 0.3 is 0 Å². The first kappa shape index (κ1) is 10.5. The van der Waals surface area contributed by atoms with Gasteiger partial charge in [0.15, 0.2) is 5.82 Å². The second-order valence-electron chi connectivity index (χ2n) is 3.75. The molecule has 0 aliphatic carbocycles. The molecule has 0 atom stereocenters. The molecule has 0 saturated carbocycles. The molecule has 16 heavy (non-hydrogen) atoms. The molecule has 3 N–H and O–H groups in total. The van der Waals surface area contributed by atoms with Crippen LogP contribution < -0.4 is 11.1 Å². The molecular formula is C11H15N5. The molecule has 0 saturated heterocycles. The molecule has 1 aromatic carbocycles. The molecule has 0 fully saturated rings. The number of aromatic nitrogens is 3. The van der Waals surface area contributed by atoms with Gasteiger partial charge in [0.25, 0.3) is 0 Å². The highest BCUT2D eigenvalue weighted by atomic mass is 15.3. The minimum absolute atomic E-state index is 0.712. The smallest absolute Gasteiger partial charge is 0.224 e. The lowest BCUT2D eigenvalue weighted by molar-refractivity contribution is 0.925.